The Morgan fingerprint density at radius 2 is 1.73 bits per heavy atom. The van der Waals surface area contributed by atoms with Crippen molar-refractivity contribution in [2.45, 2.75) is 34.1 Å². The molecule has 8 nitrogen and oxygen atoms in total. The normalized spacial score (nSPS) is 12.3. The number of benzene rings is 3. The van der Waals surface area contributed by atoms with Crippen LogP contribution >= 0.6 is 11.3 Å². The maximum absolute atomic E-state index is 12.4. The van der Waals surface area contributed by atoms with Crippen molar-refractivity contribution in [1.29, 1.82) is 5.26 Å². The molecule has 12 heteroatoms. The molecule has 0 saturated heterocycles. The molecule has 5 rings (SSSR count). The smallest absolute Gasteiger partial charge is 0.406 e. The molecule has 0 amide bonds. The lowest BCUT2D eigenvalue weighted by molar-refractivity contribution is -0.274. The van der Waals surface area contributed by atoms with Gasteiger partial charge in [-0.15, -0.1) is 29.6 Å². The third kappa shape index (κ3) is 6.90. The molecule has 2 heterocycles. The zero-order valence-corrected chi connectivity index (χ0v) is 25.2. The fourth-order valence-electron chi connectivity index (χ4n) is 4.86. The minimum atomic E-state index is -4.76. The van der Waals surface area contributed by atoms with Gasteiger partial charge in [0.1, 0.15) is 24.8 Å². The van der Waals surface area contributed by atoms with E-state index in [2.05, 4.69) is 76.0 Å². The van der Waals surface area contributed by atoms with Crippen molar-refractivity contribution in [3.63, 3.8) is 0 Å². The van der Waals surface area contributed by atoms with Gasteiger partial charge in [0.2, 0.25) is 0 Å². The second kappa shape index (κ2) is 12.6. The maximum Gasteiger partial charge on any atom is 0.573 e. The predicted octanol–water partition coefficient (Wildman–Crippen LogP) is 6.93. The topological polar surface area (TPSA) is 93.1 Å². The van der Waals surface area contributed by atoms with Crippen LogP contribution in [-0.4, -0.2) is 32.4 Å². The van der Waals surface area contributed by atoms with Crippen LogP contribution in [-0.2, 0) is 0 Å². The zero-order valence-electron chi connectivity index (χ0n) is 24.3. The van der Waals surface area contributed by atoms with E-state index < -0.39 is 6.36 Å². The average Bonchev–Trinajstić information content (AvgIpc) is 3.60. The number of rotatable bonds is 8. The molecule has 0 aliphatic carbocycles. The van der Waals surface area contributed by atoms with E-state index in [-0.39, 0.29) is 12.4 Å². The van der Waals surface area contributed by atoms with Gasteiger partial charge in [-0.3, -0.25) is 4.57 Å². The highest BCUT2D eigenvalue weighted by Crippen LogP contribution is 2.25. The largest absolute Gasteiger partial charge is 0.573 e. The Morgan fingerprint density at radius 1 is 1.05 bits per heavy atom. The molecule has 0 atom stereocenters. The van der Waals surface area contributed by atoms with Gasteiger partial charge in [0.25, 0.3) is 0 Å². The van der Waals surface area contributed by atoms with Crippen LogP contribution in [0.4, 0.5) is 13.2 Å². The van der Waals surface area contributed by atoms with Gasteiger partial charge in [-0.25, -0.2) is 14.7 Å². The first kappa shape index (κ1) is 30.3. The molecule has 3 aromatic carbocycles. The Balaban J connectivity index is 1.27. The highest BCUT2D eigenvalue weighted by Gasteiger charge is 2.31. The number of nitriles is 1. The van der Waals surface area contributed by atoms with E-state index in [4.69, 9.17) is 4.99 Å². The van der Waals surface area contributed by atoms with Crippen molar-refractivity contribution >= 4 is 16.9 Å². The van der Waals surface area contributed by atoms with Crippen LogP contribution in [0.1, 0.15) is 27.9 Å². The van der Waals surface area contributed by atoms with Crippen LogP contribution < -0.4 is 14.9 Å². The van der Waals surface area contributed by atoms with E-state index in [1.54, 1.807) is 41.8 Å². The lowest BCUT2D eigenvalue weighted by atomic mass is 10.0. The molecule has 224 valence electrons. The van der Waals surface area contributed by atoms with Crippen molar-refractivity contribution in [1.82, 2.24) is 24.6 Å². The van der Waals surface area contributed by atoms with E-state index >= 15 is 0 Å². The summed E-state index contributed by atoms with van der Waals surface area (Å²) in [6, 6.07) is 19.1. The fourth-order valence-corrected chi connectivity index (χ4v) is 5.72. The summed E-state index contributed by atoms with van der Waals surface area (Å²) >= 11 is 1.57. The Bertz CT molecular complexity index is 1900. The Morgan fingerprint density at radius 3 is 2.36 bits per heavy atom. The van der Waals surface area contributed by atoms with Gasteiger partial charge in [0.05, 0.1) is 16.9 Å². The second-order valence-electron chi connectivity index (χ2n) is 10.1. The van der Waals surface area contributed by atoms with Crippen molar-refractivity contribution in [2.24, 2.45) is 4.99 Å². The van der Waals surface area contributed by atoms with E-state index in [0.717, 1.165) is 16.2 Å². The Kier molecular flexibility index (Phi) is 8.69. The fraction of sp³-hybridized carbons (Fsp3) is 0.188. The monoisotopic (exact) mass is 615 g/mol. The number of ether oxygens (including phenoxy) is 1. The summed E-state index contributed by atoms with van der Waals surface area (Å²) in [4.78, 5) is 9.92. The molecule has 0 spiro atoms. The van der Waals surface area contributed by atoms with Gasteiger partial charge in [0.15, 0.2) is 10.6 Å². The molecule has 0 fully saturated rings. The number of alkyl halides is 3. The lowest BCUT2D eigenvalue weighted by Crippen LogP contribution is -2.19. The van der Waals surface area contributed by atoms with Crippen LogP contribution in [0, 0.1) is 39.0 Å². The van der Waals surface area contributed by atoms with E-state index in [0.29, 0.717) is 28.2 Å². The van der Waals surface area contributed by atoms with Crippen LogP contribution in [0.3, 0.4) is 0 Å². The molecule has 0 saturated carbocycles. The Hall–Kier alpha value is -5.15. The second-order valence-corrected chi connectivity index (χ2v) is 10.9. The van der Waals surface area contributed by atoms with E-state index in [9.17, 15) is 18.4 Å². The number of nitrogens with one attached hydrogen (secondary N) is 1. The van der Waals surface area contributed by atoms with Gasteiger partial charge < -0.3 is 10.1 Å². The number of nitrogens with zero attached hydrogens (tertiary/aromatic N) is 6. The third-order valence-corrected chi connectivity index (χ3v) is 7.67. The van der Waals surface area contributed by atoms with Crippen LogP contribution in [0.2, 0.25) is 0 Å². The number of thiazole rings is 1. The maximum atomic E-state index is 12.4. The molecule has 1 N–H and O–H groups in total. The van der Waals surface area contributed by atoms with E-state index in [1.807, 2.05) is 0 Å². The number of hydrogen-bond acceptors (Lipinski definition) is 7. The number of hydrogen-bond donors (Lipinski definition) is 1. The van der Waals surface area contributed by atoms with Crippen LogP contribution in [0.15, 0.2) is 83.6 Å². The number of aryl methyl sites for hydroxylation is 4. The molecule has 0 unspecified atom stereocenters. The molecule has 0 aliphatic rings. The minimum Gasteiger partial charge on any atom is -0.406 e. The van der Waals surface area contributed by atoms with Gasteiger partial charge in [-0.05, 0) is 68.7 Å². The van der Waals surface area contributed by atoms with Gasteiger partial charge in [0, 0.05) is 22.8 Å². The number of halogens is 3. The molecule has 0 bridgehead atoms. The number of aromatic nitrogens is 4. The summed E-state index contributed by atoms with van der Waals surface area (Å²) in [6.07, 6.45) is -1.64. The summed E-state index contributed by atoms with van der Waals surface area (Å²) in [5.41, 5.74) is 8.20. The molecule has 2 aromatic heterocycles. The first-order chi connectivity index (χ1) is 21.0. The van der Waals surface area contributed by atoms with Gasteiger partial charge in [-0.1, -0.05) is 42.0 Å². The summed E-state index contributed by atoms with van der Waals surface area (Å²) in [5.74, 6) is 0.101. The molecule has 0 radical (unpaired) electrons. The first-order valence-electron chi connectivity index (χ1n) is 13.5. The molecule has 0 aliphatic heterocycles. The van der Waals surface area contributed by atoms with Crippen LogP contribution in [0.25, 0.3) is 28.3 Å². The molecular weight excluding hydrogens is 587 g/mol. The van der Waals surface area contributed by atoms with Crippen LogP contribution in [0.5, 0.6) is 5.75 Å². The van der Waals surface area contributed by atoms with Gasteiger partial charge in [-0.2, -0.15) is 5.26 Å². The molecular formula is C32H28F3N7OS. The van der Waals surface area contributed by atoms with Gasteiger partial charge >= 0.3 is 6.36 Å². The van der Waals surface area contributed by atoms with Crippen molar-refractivity contribution < 1.29 is 17.9 Å². The SMILES string of the molecule is Cc1cc(C)c(-n2c(C)cs/c2=N\CN/C=C(\C#N)c2ccc(-c3ncn(-c4ccc(OC(F)(F)F)cc4)n3)cc2)c(C)c1. The van der Waals surface area contributed by atoms with Crippen molar-refractivity contribution in [2.75, 3.05) is 6.67 Å². The zero-order chi connectivity index (χ0) is 31.4. The molecule has 5 aromatic rings. The third-order valence-electron chi connectivity index (χ3n) is 6.69. The summed E-state index contributed by atoms with van der Waals surface area (Å²) < 4.78 is 44.8. The average molecular weight is 616 g/mol. The minimum absolute atomic E-state index is 0.290. The highest BCUT2D eigenvalue weighted by molar-refractivity contribution is 7.07. The van der Waals surface area contributed by atoms with Crippen molar-refractivity contribution in [3.8, 4) is 34.6 Å². The van der Waals surface area contributed by atoms with E-state index in [1.165, 1.54) is 52.0 Å². The predicted molar refractivity (Wildman–Crippen MR) is 163 cm³/mol. The Labute approximate surface area is 256 Å². The molecule has 44 heavy (non-hydrogen) atoms. The highest BCUT2D eigenvalue weighted by atomic mass is 32.1. The number of allylic oxidation sites excluding steroid dienone is 1. The summed E-state index contributed by atoms with van der Waals surface area (Å²) in [7, 11) is 0. The lowest BCUT2D eigenvalue weighted by Gasteiger charge is -2.14. The quantitative estimate of drug-likeness (QED) is 0.151. The standard InChI is InChI=1S/C32H28F3N7OS/c1-20-13-21(2)29(22(3)14-20)42-23(4)17-44-31(42)38-18-37-16-26(15-36)24-5-7-25(8-6-24)30-39-19-41(40-30)27-9-11-28(12-10-27)43-32(33,34)35/h5-14,16-17,19,37H,18H2,1-4H3/b26-16+,38-31-. The first-order valence-corrected chi connectivity index (χ1v) is 14.4. The summed E-state index contributed by atoms with van der Waals surface area (Å²) in [5, 5.41) is 19.4. The van der Waals surface area contributed by atoms with Crippen molar-refractivity contribution in [3.05, 3.63) is 111 Å². The summed E-state index contributed by atoms with van der Waals surface area (Å²) in [6.45, 7) is 8.66.